The number of pyridine rings is 1. The fraction of sp³-hybridized carbons (Fsp3) is 0.118. The summed E-state index contributed by atoms with van der Waals surface area (Å²) in [4.78, 5) is 28.3. The van der Waals surface area contributed by atoms with E-state index in [-0.39, 0.29) is 6.79 Å². The molecule has 0 amide bonds. The summed E-state index contributed by atoms with van der Waals surface area (Å²) in [5, 5.41) is 0.891. The number of nitrogens with zero attached hydrogens (tertiary/aromatic N) is 1. The van der Waals surface area contributed by atoms with E-state index >= 15 is 0 Å². The smallest absolute Gasteiger partial charge is 0.231 e. The Morgan fingerprint density at radius 3 is 2.73 bits per heavy atom. The zero-order valence-electron chi connectivity index (χ0n) is 11.5. The van der Waals surface area contributed by atoms with Crippen LogP contribution < -0.4 is 9.47 Å². The van der Waals surface area contributed by atoms with Crippen molar-refractivity contribution in [2.24, 2.45) is 0 Å². The second-order valence-corrected chi connectivity index (χ2v) is 5.08. The molecule has 1 aliphatic heterocycles. The van der Waals surface area contributed by atoms with Crippen molar-refractivity contribution in [3.8, 4) is 11.5 Å². The molecule has 0 bridgehead atoms. The lowest BCUT2D eigenvalue weighted by Crippen LogP contribution is -2.19. The van der Waals surface area contributed by atoms with Crippen LogP contribution in [0, 0.1) is 0 Å². The summed E-state index contributed by atoms with van der Waals surface area (Å²) in [5.74, 6) is -0.318. The highest BCUT2D eigenvalue weighted by atomic mass is 16.7. The lowest BCUT2D eigenvalue weighted by atomic mass is 9.96. The number of allylic oxidation sites excluding steroid dienone is 4. The van der Waals surface area contributed by atoms with Crippen LogP contribution in [-0.4, -0.2) is 23.3 Å². The standard InChI is InChI=1S/C17H11NO4/c19-14-4-2-1-3-11(17(14)20)12-6-5-10-7-15-16(22-9-21-15)8-13(10)18-12/h1-8,11H,9H2. The molecule has 0 fully saturated rings. The molecular formula is C17H11NO4. The van der Waals surface area contributed by atoms with Crippen molar-refractivity contribution >= 4 is 22.5 Å². The van der Waals surface area contributed by atoms with Gasteiger partial charge < -0.3 is 9.47 Å². The minimum Gasteiger partial charge on any atom is -0.454 e. The van der Waals surface area contributed by atoms with E-state index in [4.69, 9.17) is 9.47 Å². The fourth-order valence-corrected chi connectivity index (χ4v) is 2.58. The third kappa shape index (κ3) is 1.98. The molecule has 0 radical (unpaired) electrons. The van der Waals surface area contributed by atoms with Crippen molar-refractivity contribution in [2.45, 2.75) is 5.92 Å². The van der Waals surface area contributed by atoms with Crippen LogP contribution in [0.15, 0.2) is 48.6 Å². The molecule has 2 aliphatic rings. The number of carbonyl (C=O) groups is 2. The Bertz CT molecular complexity index is 866. The van der Waals surface area contributed by atoms with Gasteiger partial charge >= 0.3 is 0 Å². The third-order valence-corrected chi connectivity index (χ3v) is 3.71. The molecule has 1 unspecified atom stereocenters. The molecule has 1 aliphatic carbocycles. The molecule has 5 nitrogen and oxygen atoms in total. The number of fused-ring (bicyclic) bond motifs is 2. The fourth-order valence-electron chi connectivity index (χ4n) is 2.58. The third-order valence-electron chi connectivity index (χ3n) is 3.71. The number of aromatic nitrogens is 1. The number of rotatable bonds is 1. The average molecular weight is 293 g/mol. The second kappa shape index (κ2) is 4.80. The van der Waals surface area contributed by atoms with Crippen LogP contribution in [-0.2, 0) is 9.59 Å². The van der Waals surface area contributed by atoms with E-state index in [0.717, 1.165) is 5.39 Å². The zero-order valence-corrected chi connectivity index (χ0v) is 11.5. The molecule has 2 heterocycles. The predicted molar refractivity (Wildman–Crippen MR) is 78.9 cm³/mol. The second-order valence-electron chi connectivity index (χ2n) is 5.08. The van der Waals surface area contributed by atoms with E-state index in [1.807, 2.05) is 12.1 Å². The zero-order chi connectivity index (χ0) is 15.1. The molecule has 0 N–H and O–H groups in total. The Hall–Kier alpha value is -2.95. The summed E-state index contributed by atoms with van der Waals surface area (Å²) < 4.78 is 10.7. The summed E-state index contributed by atoms with van der Waals surface area (Å²) in [6.45, 7) is 0.197. The predicted octanol–water partition coefficient (Wildman–Crippen LogP) is 2.31. The van der Waals surface area contributed by atoms with Crippen molar-refractivity contribution in [1.29, 1.82) is 0 Å². The SMILES string of the molecule is O=C1C=CC=CC(c2ccc3cc4c(cc3n2)OCO4)C1=O. The van der Waals surface area contributed by atoms with Gasteiger partial charge in [0.15, 0.2) is 11.5 Å². The summed E-state index contributed by atoms with van der Waals surface area (Å²) in [5.41, 5.74) is 1.25. The van der Waals surface area contributed by atoms with Gasteiger partial charge in [0.25, 0.3) is 0 Å². The van der Waals surface area contributed by atoms with Crippen LogP contribution in [0.25, 0.3) is 10.9 Å². The van der Waals surface area contributed by atoms with Crippen LogP contribution in [0.2, 0.25) is 0 Å². The van der Waals surface area contributed by atoms with Gasteiger partial charge in [0, 0.05) is 11.5 Å². The molecular weight excluding hydrogens is 282 g/mol. The molecule has 22 heavy (non-hydrogen) atoms. The van der Waals surface area contributed by atoms with E-state index in [1.54, 1.807) is 30.4 Å². The van der Waals surface area contributed by atoms with Crippen molar-refractivity contribution in [3.63, 3.8) is 0 Å². The van der Waals surface area contributed by atoms with Gasteiger partial charge in [-0.15, -0.1) is 0 Å². The highest BCUT2D eigenvalue weighted by Gasteiger charge is 2.25. The van der Waals surface area contributed by atoms with Gasteiger partial charge in [-0.1, -0.05) is 24.3 Å². The lowest BCUT2D eigenvalue weighted by Gasteiger charge is -2.10. The van der Waals surface area contributed by atoms with Crippen molar-refractivity contribution in [2.75, 3.05) is 6.79 Å². The molecule has 4 rings (SSSR count). The topological polar surface area (TPSA) is 65.5 Å². The van der Waals surface area contributed by atoms with Crippen LogP contribution in [0.3, 0.4) is 0 Å². The maximum atomic E-state index is 12.1. The molecule has 2 aromatic rings. The average Bonchev–Trinajstić information content (AvgIpc) is 2.91. The first-order valence-electron chi connectivity index (χ1n) is 6.86. The van der Waals surface area contributed by atoms with Crippen LogP contribution >= 0.6 is 0 Å². The summed E-state index contributed by atoms with van der Waals surface area (Å²) >= 11 is 0. The highest BCUT2D eigenvalue weighted by Crippen LogP contribution is 2.36. The number of benzene rings is 1. The Morgan fingerprint density at radius 2 is 1.86 bits per heavy atom. The largest absolute Gasteiger partial charge is 0.454 e. The van der Waals surface area contributed by atoms with Gasteiger partial charge in [-0.25, -0.2) is 0 Å². The number of Topliss-reactive ketones (excluding diaryl/α,β-unsaturated/α-hetero) is 1. The number of hydrogen-bond donors (Lipinski definition) is 0. The van der Waals surface area contributed by atoms with Gasteiger partial charge in [0.05, 0.1) is 17.1 Å². The molecule has 108 valence electrons. The molecule has 5 heteroatoms. The first kappa shape index (κ1) is 12.8. The molecule has 1 atom stereocenters. The Labute approximate surface area is 125 Å². The number of ether oxygens (including phenoxy) is 2. The molecule has 1 aromatic heterocycles. The first-order chi connectivity index (χ1) is 10.7. The van der Waals surface area contributed by atoms with E-state index in [2.05, 4.69) is 4.98 Å². The maximum absolute atomic E-state index is 12.1. The van der Waals surface area contributed by atoms with Gasteiger partial charge in [-0.05, 0) is 18.2 Å². The molecule has 1 aromatic carbocycles. The quantitative estimate of drug-likeness (QED) is 0.755. The minimum absolute atomic E-state index is 0.197. The lowest BCUT2D eigenvalue weighted by molar-refractivity contribution is -0.134. The van der Waals surface area contributed by atoms with Gasteiger partial charge in [-0.2, -0.15) is 0 Å². The van der Waals surface area contributed by atoms with E-state index in [0.29, 0.717) is 22.7 Å². The summed E-state index contributed by atoms with van der Waals surface area (Å²) in [6.07, 6.45) is 6.22. The van der Waals surface area contributed by atoms with Crippen LogP contribution in [0.1, 0.15) is 11.6 Å². The van der Waals surface area contributed by atoms with E-state index in [9.17, 15) is 9.59 Å². The van der Waals surface area contributed by atoms with Crippen molar-refractivity contribution in [3.05, 3.63) is 54.3 Å². The molecule has 0 spiro atoms. The van der Waals surface area contributed by atoms with Gasteiger partial charge in [-0.3, -0.25) is 14.6 Å². The van der Waals surface area contributed by atoms with Crippen LogP contribution in [0.5, 0.6) is 11.5 Å². The maximum Gasteiger partial charge on any atom is 0.231 e. The van der Waals surface area contributed by atoms with Crippen LogP contribution in [0.4, 0.5) is 0 Å². The van der Waals surface area contributed by atoms with Gasteiger partial charge in [0.1, 0.15) is 0 Å². The summed E-state index contributed by atoms with van der Waals surface area (Å²) in [6, 6.07) is 7.26. The van der Waals surface area contributed by atoms with Crippen molar-refractivity contribution in [1.82, 2.24) is 4.98 Å². The Balaban J connectivity index is 1.81. The normalized spacial score (nSPS) is 19.7. The number of ketones is 2. The van der Waals surface area contributed by atoms with E-state index < -0.39 is 17.5 Å². The monoisotopic (exact) mass is 293 g/mol. The van der Waals surface area contributed by atoms with E-state index in [1.165, 1.54) is 6.08 Å². The Morgan fingerprint density at radius 1 is 1.05 bits per heavy atom. The Kier molecular flexibility index (Phi) is 2.79. The number of carbonyl (C=O) groups excluding carboxylic acids is 2. The number of hydrogen-bond acceptors (Lipinski definition) is 5. The van der Waals surface area contributed by atoms with Crippen molar-refractivity contribution < 1.29 is 19.1 Å². The first-order valence-corrected chi connectivity index (χ1v) is 6.86. The minimum atomic E-state index is -0.655. The highest BCUT2D eigenvalue weighted by molar-refractivity contribution is 6.44. The molecule has 0 saturated carbocycles. The van der Waals surface area contributed by atoms with Gasteiger partial charge in [0.2, 0.25) is 18.4 Å². The molecule has 0 saturated heterocycles. The summed E-state index contributed by atoms with van der Waals surface area (Å²) in [7, 11) is 0.